The molecule has 21 heavy (non-hydrogen) atoms. The van der Waals surface area contributed by atoms with E-state index in [1.807, 2.05) is 18.2 Å². The normalized spacial score (nSPS) is 10.6. The number of hydrogen-bond acceptors (Lipinski definition) is 5. The Morgan fingerprint density at radius 3 is 2.62 bits per heavy atom. The Kier molecular flexibility index (Phi) is 9.61. The zero-order valence-electron chi connectivity index (χ0n) is 13.3. The van der Waals surface area contributed by atoms with E-state index in [9.17, 15) is 0 Å². The van der Waals surface area contributed by atoms with E-state index in [2.05, 4.69) is 12.2 Å². The molecule has 0 aliphatic heterocycles. The minimum Gasteiger partial charge on any atom is -0.497 e. The van der Waals surface area contributed by atoms with Crippen LogP contribution < -0.4 is 14.8 Å². The molecule has 5 heteroatoms. The fourth-order valence-corrected chi connectivity index (χ4v) is 1.80. The summed E-state index contributed by atoms with van der Waals surface area (Å²) >= 11 is 0. The van der Waals surface area contributed by atoms with Crippen molar-refractivity contribution in [1.82, 2.24) is 5.32 Å². The van der Waals surface area contributed by atoms with Crippen molar-refractivity contribution in [2.45, 2.75) is 19.9 Å². The summed E-state index contributed by atoms with van der Waals surface area (Å²) in [4.78, 5) is 0. The summed E-state index contributed by atoms with van der Waals surface area (Å²) in [7, 11) is 3.35. The van der Waals surface area contributed by atoms with Gasteiger partial charge in [-0.3, -0.25) is 0 Å². The predicted octanol–water partition coefficient (Wildman–Crippen LogP) is 2.24. The zero-order chi connectivity index (χ0) is 15.3. The molecule has 0 heterocycles. The van der Waals surface area contributed by atoms with E-state index >= 15 is 0 Å². The fraction of sp³-hybridized carbons (Fsp3) is 0.625. The Morgan fingerprint density at radius 1 is 1.05 bits per heavy atom. The molecule has 120 valence electrons. The standard InChI is InChI=1S/C16H27NO4/c1-4-8-20-10-11-21-16-12-15(19-3)6-5-14(16)13-17-7-9-18-2/h5-6,12,17H,4,7-11,13H2,1-3H3. The van der Waals surface area contributed by atoms with Crippen molar-refractivity contribution in [1.29, 1.82) is 0 Å². The molecule has 1 N–H and O–H groups in total. The lowest BCUT2D eigenvalue weighted by Crippen LogP contribution is -2.19. The first-order valence-corrected chi connectivity index (χ1v) is 7.39. The third-order valence-corrected chi connectivity index (χ3v) is 2.91. The van der Waals surface area contributed by atoms with Crippen LogP contribution in [0.25, 0.3) is 0 Å². The highest BCUT2D eigenvalue weighted by molar-refractivity contribution is 5.40. The van der Waals surface area contributed by atoms with Crippen molar-refractivity contribution in [2.75, 3.05) is 47.2 Å². The third kappa shape index (κ3) is 7.32. The third-order valence-electron chi connectivity index (χ3n) is 2.91. The number of ether oxygens (including phenoxy) is 4. The Labute approximate surface area is 127 Å². The summed E-state index contributed by atoms with van der Waals surface area (Å²) < 4.78 is 21.5. The van der Waals surface area contributed by atoms with Crippen molar-refractivity contribution in [3.05, 3.63) is 23.8 Å². The van der Waals surface area contributed by atoms with Crippen LogP contribution in [0.1, 0.15) is 18.9 Å². The molecule has 1 aromatic carbocycles. The summed E-state index contributed by atoms with van der Waals surface area (Å²) in [6, 6.07) is 5.86. The van der Waals surface area contributed by atoms with Crippen molar-refractivity contribution in [3.63, 3.8) is 0 Å². The lowest BCUT2D eigenvalue weighted by molar-refractivity contribution is 0.100. The van der Waals surface area contributed by atoms with Crippen molar-refractivity contribution >= 4 is 0 Å². The number of nitrogens with one attached hydrogen (secondary N) is 1. The van der Waals surface area contributed by atoms with Crippen LogP contribution in [-0.4, -0.2) is 47.2 Å². The fourth-order valence-electron chi connectivity index (χ4n) is 1.80. The first kappa shape index (κ1) is 17.8. The molecule has 0 unspecified atom stereocenters. The van der Waals surface area contributed by atoms with Gasteiger partial charge in [0.2, 0.25) is 0 Å². The van der Waals surface area contributed by atoms with Gasteiger partial charge in [0.15, 0.2) is 0 Å². The summed E-state index contributed by atoms with van der Waals surface area (Å²) in [6.45, 7) is 6.23. The van der Waals surface area contributed by atoms with Gasteiger partial charge >= 0.3 is 0 Å². The maximum absolute atomic E-state index is 5.81. The van der Waals surface area contributed by atoms with Gasteiger partial charge in [0.05, 0.1) is 20.3 Å². The minimum atomic E-state index is 0.540. The highest BCUT2D eigenvalue weighted by atomic mass is 16.5. The SMILES string of the molecule is CCCOCCOc1cc(OC)ccc1CNCCOC. The predicted molar refractivity (Wildman–Crippen MR) is 83.2 cm³/mol. The second kappa shape index (κ2) is 11.4. The molecule has 0 saturated heterocycles. The van der Waals surface area contributed by atoms with Gasteiger partial charge in [-0.1, -0.05) is 13.0 Å². The summed E-state index contributed by atoms with van der Waals surface area (Å²) in [6.07, 6.45) is 1.02. The van der Waals surface area contributed by atoms with Gasteiger partial charge in [0.1, 0.15) is 18.1 Å². The Balaban J connectivity index is 2.51. The van der Waals surface area contributed by atoms with E-state index < -0.39 is 0 Å². The van der Waals surface area contributed by atoms with Crippen LogP contribution in [-0.2, 0) is 16.0 Å². The molecule has 0 radical (unpaired) electrons. The van der Waals surface area contributed by atoms with Crippen LogP contribution in [0.4, 0.5) is 0 Å². The largest absolute Gasteiger partial charge is 0.497 e. The number of rotatable bonds is 12. The molecule has 0 saturated carbocycles. The van der Waals surface area contributed by atoms with E-state index in [-0.39, 0.29) is 0 Å². The van der Waals surface area contributed by atoms with Crippen LogP contribution in [0.5, 0.6) is 11.5 Å². The lowest BCUT2D eigenvalue weighted by atomic mass is 10.2. The Hall–Kier alpha value is -1.30. The van der Waals surface area contributed by atoms with E-state index in [0.717, 1.165) is 43.2 Å². The van der Waals surface area contributed by atoms with Gasteiger partial charge in [-0.15, -0.1) is 0 Å². The molecule has 0 fully saturated rings. The van der Waals surface area contributed by atoms with E-state index in [4.69, 9.17) is 18.9 Å². The van der Waals surface area contributed by atoms with Gasteiger partial charge in [-0.05, 0) is 12.5 Å². The molecule has 1 aromatic rings. The van der Waals surface area contributed by atoms with Crippen molar-refractivity contribution in [3.8, 4) is 11.5 Å². The molecule has 0 atom stereocenters. The number of hydrogen-bond donors (Lipinski definition) is 1. The van der Waals surface area contributed by atoms with Crippen LogP contribution in [0.15, 0.2) is 18.2 Å². The molecule has 0 aromatic heterocycles. The Morgan fingerprint density at radius 2 is 1.90 bits per heavy atom. The molecule has 0 aliphatic rings. The first-order chi connectivity index (χ1) is 10.3. The maximum atomic E-state index is 5.81. The molecule has 0 bridgehead atoms. The average Bonchev–Trinajstić information content (AvgIpc) is 2.52. The highest BCUT2D eigenvalue weighted by Gasteiger charge is 2.06. The summed E-state index contributed by atoms with van der Waals surface area (Å²) in [5, 5.41) is 3.31. The lowest BCUT2D eigenvalue weighted by Gasteiger charge is -2.14. The van der Waals surface area contributed by atoms with Crippen LogP contribution in [0, 0.1) is 0 Å². The Bertz CT molecular complexity index is 385. The topological polar surface area (TPSA) is 49.0 Å². The average molecular weight is 297 g/mol. The van der Waals surface area contributed by atoms with Crippen LogP contribution in [0.3, 0.4) is 0 Å². The molecular weight excluding hydrogens is 270 g/mol. The summed E-state index contributed by atoms with van der Waals surface area (Å²) in [5.74, 6) is 1.62. The second-order valence-electron chi connectivity index (χ2n) is 4.60. The van der Waals surface area contributed by atoms with Gasteiger partial charge in [-0.25, -0.2) is 0 Å². The van der Waals surface area contributed by atoms with E-state index in [0.29, 0.717) is 19.8 Å². The maximum Gasteiger partial charge on any atom is 0.127 e. The van der Waals surface area contributed by atoms with Gasteiger partial charge in [0, 0.05) is 38.4 Å². The molecular formula is C16H27NO4. The van der Waals surface area contributed by atoms with Gasteiger partial charge in [-0.2, -0.15) is 0 Å². The molecule has 0 aliphatic carbocycles. The first-order valence-electron chi connectivity index (χ1n) is 7.39. The summed E-state index contributed by atoms with van der Waals surface area (Å²) in [5.41, 5.74) is 1.10. The molecule has 0 amide bonds. The second-order valence-corrected chi connectivity index (χ2v) is 4.60. The zero-order valence-corrected chi connectivity index (χ0v) is 13.3. The van der Waals surface area contributed by atoms with E-state index in [1.54, 1.807) is 14.2 Å². The van der Waals surface area contributed by atoms with Crippen molar-refractivity contribution < 1.29 is 18.9 Å². The minimum absolute atomic E-state index is 0.540. The van der Waals surface area contributed by atoms with Gasteiger partial charge in [0.25, 0.3) is 0 Å². The van der Waals surface area contributed by atoms with Gasteiger partial charge < -0.3 is 24.3 Å². The highest BCUT2D eigenvalue weighted by Crippen LogP contribution is 2.24. The van der Waals surface area contributed by atoms with Crippen LogP contribution in [0.2, 0.25) is 0 Å². The van der Waals surface area contributed by atoms with E-state index in [1.165, 1.54) is 0 Å². The number of benzene rings is 1. The van der Waals surface area contributed by atoms with Crippen LogP contribution >= 0.6 is 0 Å². The molecule has 0 spiro atoms. The molecule has 1 rings (SSSR count). The quantitative estimate of drug-likeness (QED) is 0.600. The number of methoxy groups -OCH3 is 2. The van der Waals surface area contributed by atoms with Crippen molar-refractivity contribution in [2.24, 2.45) is 0 Å². The monoisotopic (exact) mass is 297 g/mol. The molecule has 5 nitrogen and oxygen atoms in total. The smallest absolute Gasteiger partial charge is 0.127 e.